The fourth-order valence-electron chi connectivity index (χ4n) is 3.57. The van der Waals surface area contributed by atoms with E-state index in [2.05, 4.69) is 15.0 Å². The predicted octanol–water partition coefficient (Wildman–Crippen LogP) is 2.00. The topological polar surface area (TPSA) is 113 Å². The summed E-state index contributed by atoms with van der Waals surface area (Å²) in [5.41, 5.74) is 5.52. The number of hydrogen-bond donors (Lipinski definition) is 2. The van der Waals surface area contributed by atoms with Gasteiger partial charge in [0.15, 0.2) is 11.5 Å². The van der Waals surface area contributed by atoms with E-state index >= 15 is 0 Å². The van der Waals surface area contributed by atoms with Gasteiger partial charge in [-0.3, -0.25) is 14.5 Å². The number of primary amides is 1. The molecular formula is C21H30N4O4S. The summed E-state index contributed by atoms with van der Waals surface area (Å²) >= 11 is 1.56. The third-order valence-electron chi connectivity index (χ3n) is 5.41. The van der Waals surface area contributed by atoms with Crippen LogP contribution < -0.4 is 5.73 Å². The standard InChI is InChI=1S/C21H30N4O4S/c22-21(28)18(27)15-25-11-9-24(10-12-25)8-4-2-1-3-6-17(26)16-14-19(29-23-16)20-7-5-13-30-20/h5,7,13-14,18,27H,1-4,6,8-12,15H2,(H2,22,28). The number of nitrogens with two attached hydrogens (primary N) is 1. The largest absolute Gasteiger partial charge is 0.382 e. The van der Waals surface area contributed by atoms with Crippen LogP contribution >= 0.6 is 11.3 Å². The second kappa shape index (κ2) is 11.4. The van der Waals surface area contributed by atoms with Gasteiger partial charge in [0, 0.05) is 45.2 Å². The molecule has 1 amide bonds. The number of rotatable bonds is 12. The number of β-amino-alcohol motifs (C(OH)–C–C–N with tert-alkyl or cyclic N) is 1. The Balaban J connectivity index is 1.24. The summed E-state index contributed by atoms with van der Waals surface area (Å²) in [4.78, 5) is 28.7. The molecule has 1 aliphatic heterocycles. The minimum absolute atomic E-state index is 0.0378. The first-order valence-electron chi connectivity index (χ1n) is 10.5. The van der Waals surface area contributed by atoms with E-state index in [1.54, 1.807) is 17.4 Å². The summed E-state index contributed by atoms with van der Waals surface area (Å²) in [5.74, 6) is 0.0239. The predicted molar refractivity (Wildman–Crippen MR) is 115 cm³/mol. The lowest BCUT2D eigenvalue weighted by atomic mass is 10.1. The number of amides is 1. The molecule has 1 saturated heterocycles. The van der Waals surface area contributed by atoms with Crippen molar-refractivity contribution in [3.8, 4) is 10.6 Å². The Morgan fingerprint density at radius 2 is 1.90 bits per heavy atom. The fourth-order valence-corrected chi connectivity index (χ4v) is 4.25. The van der Waals surface area contributed by atoms with Gasteiger partial charge >= 0.3 is 0 Å². The highest BCUT2D eigenvalue weighted by Gasteiger charge is 2.21. The maximum absolute atomic E-state index is 12.3. The van der Waals surface area contributed by atoms with Gasteiger partial charge in [-0.05, 0) is 30.8 Å². The molecule has 1 fully saturated rings. The SMILES string of the molecule is NC(=O)C(O)CN1CCN(CCCCCCC(=O)c2cc(-c3cccs3)on2)CC1. The van der Waals surface area contributed by atoms with Crippen LogP contribution in [-0.2, 0) is 4.79 Å². The van der Waals surface area contributed by atoms with Gasteiger partial charge in [0.1, 0.15) is 11.8 Å². The second-order valence-electron chi connectivity index (χ2n) is 7.70. The maximum Gasteiger partial charge on any atom is 0.247 e. The summed E-state index contributed by atoms with van der Waals surface area (Å²) in [6, 6.07) is 5.62. The fraction of sp³-hybridized carbons (Fsp3) is 0.571. The van der Waals surface area contributed by atoms with E-state index in [0.717, 1.165) is 63.3 Å². The average molecular weight is 435 g/mol. The lowest BCUT2D eigenvalue weighted by Gasteiger charge is -2.35. The number of aliphatic hydroxyl groups is 1. The monoisotopic (exact) mass is 434 g/mol. The number of carbonyl (C=O) groups excluding carboxylic acids is 2. The number of Topliss-reactive ketones (excluding diaryl/α,β-unsaturated/α-hetero) is 1. The molecule has 164 valence electrons. The van der Waals surface area contributed by atoms with E-state index in [0.29, 0.717) is 24.4 Å². The molecule has 0 bridgehead atoms. The van der Waals surface area contributed by atoms with Gasteiger partial charge in [0.05, 0.1) is 4.88 Å². The van der Waals surface area contributed by atoms with E-state index in [1.807, 2.05) is 17.5 Å². The summed E-state index contributed by atoms with van der Waals surface area (Å²) in [6.07, 6.45) is 3.48. The Morgan fingerprint density at radius 1 is 1.17 bits per heavy atom. The number of unbranched alkanes of at least 4 members (excludes halogenated alkanes) is 3. The van der Waals surface area contributed by atoms with Crippen molar-refractivity contribution in [2.24, 2.45) is 5.73 Å². The highest BCUT2D eigenvalue weighted by Crippen LogP contribution is 2.25. The van der Waals surface area contributed by atoms with Crippen molar-refractivity contribution >= 4 is 23.0 Å². The molecule has 0 saturated carbocycles. The molecule has 0 spiro atoms. The third kappa shape index (κ3) is 6.73. The zero-order valence-electron chi connectivity index (χ0n) is 17.2. The summed E-state index contributed by atoms with van der Waals surface area (Å²) < 4.78 is 5.28. The number of aliphatic hydroxyl groups excluding tert-OH is 1. The van der Waals surface area contributed by atoms with Crippen LogP contribution in [0.1, 0.15) is 42.6 Å². The van der Waals surface area contributed by atoms with Crippen molar-refractivity contribution in [2.45, 2.75) is 38.2 Å². The summed E-state index contributed by atoms with van der Waals surface area (Å²) in [7, 11) is 0. The van der Waals surface area contributed by atoms with Crippen LogP contribution in [0.5, 0.6) is 0 Å². The number of aromatic nitrogens is 1. The molecule has 0 aromatic carbocycles. The molecule has 3 N–H and O–H groups in total. The molecule has 0 aliphatic carbocycles. The Hall–Kier alpha value is -2.07. The van der Waals surface area contributed by atoms with Crippen molar-refractivity contribution < 1.29 is 19.2 Å². The first-order chi connectivity index (χ1) is 14.5. The Kier molecular flexibility index (Phi) is 8.56. The average Bonchev–Trinajstić information content (AvgIpc) is 3.43. The minimum atomic E-state index is -1.08. The lowest BCUT2D eigenvalue weighted by Crippen LogP contribution is -2.50. The number of hydrogen-bond acceptors (Lipinski definition) is 8. The zero-order chi connectivity index (χ0) is 21.3. The Bertz CT molecular complexity index is 800. The van der Waals surface area contributed by atoms with Gasteiger partial charge in [-0.2, -0.15) is 0 Å². The second-order valence-corrected chi connectivity index (χ2v) is 8.65. The van der Waals surface area contributed by atoms with Gasteiger partial charge in [0.2, 0.25) is 5.91 Å². The van der Waals surface area contributed by atoms with Crippen LogP contribution in [0.25, 0.3) is 10.6 Å². The van der Waals surface area contributed by atoms with E-state index < -0.39 is 12.0 Å². The molecular weight excluding hydrogens is 404 g/mol. The van der Waals surface area contributed by atoms with Crippen molar-refractivity contribution in [3.63, 3.8) is 0 Å². The van der Waals surface area contributed by atoms with Crippen LogP contribution in [0, 0.1) is 0 Å². The molecule has 3 rings (SSSR count). The number of carbonyl (C=O) groups is 2. The minimum Gasteiger partial charge on any atom is -0.382 e. The summed E-state index contributed by atoms with van der Waals surface area (Å²) in [5, 5.41) is 15.4. The zero-order valence-corrected chi connectivity index (χ0v) is 18.0. The Labute approximate surface area is 180 Å². The third-order valence-corrected chi connectivity index (χ3v) is 6.30. The van der Waals surface area contributed by atoms with E-state index in [4.69, 9.17) is 10.3 Å². The number of piperazine rings is 1. The Morgan fingerprint density at radius 3 is 2.60 bits per heavy atom. The molecule has 1 unspecified atom stereocenters. The van der Waals surface area contributed by atoms with Crippen LogP contribution in [0.2, 0.25) is 0 Å². The summed E-state index contributed by atoms with van der Waals surface area (Å²) in [6.45, 7) is 4.89. The number of ketones is 1. The highest BCUT2D eigenvalue weighted by molar-refractivity contribution is 7.13. The van der Waals surface area contributed by atoms with E-state index in [1.165, 1.54) is 0 Å². The van der Waals surface area contributed by atoms with Crippen LogP contribution in [-0.4, -0.2) is 77.1 Å². The molecule has 8 nitrogen and oxygen atoms in total. The molecule has 0 radical (unpaired) electrons. The smallest absolute Gasteiger partial charge is 0.247 e. The van der Waals surface area contributed by atoms with Crippen LogP contribution in [0.4, 0.5) is 0 Å². The van der Waals surface area contributed by atoms with Crippen molar-refractivity contribution in [3.05, 3.63) is 29.3 Å². The highest BCUT2D eigenvalue weighted by atomic mass is 32.1. The van der Waals surface area contributed by atoms with Gasteiger partial charge in [0.25, 0.3) is 0 Å². The maximum atomic E-state index is 12.3. The first-order valence-corrected chi connectivity index (χ1v) is 11.4. The molecule has 9 heteroatoms. The number of nitrogens with zero attached hydrogens (tertiary/aromatic N) is 3. The van der Waals surface area contributed by atoms with Crippen molar-refractivity contribution in [1.82, 2.24) is 15.0 Å². The van der Waals surface area contributed by atoms with E-state index in [-0.39, 0.29) is 5.78 Å². The quantitative estimate of drug-likeness (QED) is 0.388. The molecule has 1 atom stereocenters. The van der Waals surface area contributed by atoms with Gasteiger partial charge in [-0.1, -0.05) is 24.1 Å². The molecule has 3 heterocycles. The normalized spacial score (nSPS) is 16.6. The van der Waals surface area contributed by atoms with Crippen LogP contribution in [0.15, 0.2) is 28.1 Å². The first kappa shape index (κ1) is 22.6. The van der Waals surface area contributed by atoms with E-state index in [9.17, 15) is 14.7 Å². The number of thiophene rings is 1. The van der Waals surface area contributed by atoms with Crippen molar-refractivity contribution in [2.75, 3.05) is 39.3 Å². The molecule has 1 aliphatic rings. The van der Waals surface area contributed by atoms with Gasteiger partial charge < -0.3 is 20.3 Å². The molecule has 2 aromatic heterocycles. The molecule has 30 heavy (non-hydrogen) atoms. The van der Waals surface area contributed by atoms with Gasteiger partial charge in [-0.25, -0.2) is 0 Å². The van der Waals surface area contributed by atoms with Gasteiger partial charge in [-0.15, -0.1) is 11.3 Å². The lowest BCUT2D eigenvalue weighted by molar-refractivity contribution is -0.127. The van der Waals surface area contributed by atoms with Crippen LogP contribution in [0.3, 0.4) is 0 Å². The van der Waals surface area contributed by atoms with Crippen molar-refractivity contribution in [1.29, 1.82) is 0 Å². The molecule has 2 aromatic rings.